The fourth-order valence-electron chi connectivity index (χ4n) is 1.87. The summed E-state index contributed by atoms with van der Waals surface area (Å²) in [6.07, 6.45) is 6.65. The SMILES string of the molecule is CC=CC(=O)N1C=Cc2ccccc2C1C#N. The second kappa shape index (κ2) is 4.67. The van der Waals surface area contributed by atoms with Crippen molar-refractivity contribution >= 4 is 12.0 Å². The van der Waals surface area contributed by atoms with Crippen LogP contribution in [0.3, 0.4) is 0 Å². The van der Waals surface area contributed by atoms with Crippen LogP contribution in [0, 0.1) is 11.3 Å². The molecule has 0 aliphatic carbocycles. The molecule has 0 spiro atoms. The van der Waals surface area contributed by atoms with Crippen LogP contribution in [0.4, 0.5) is 0 Å². The van der Waals surface area contributed by atoms with E-state index < -0.39 is 6.04 Å². The molecule has 17 heavy (non-hydrogen) atoms. The molecule has 0 bridgehead atoms. The molecule has 1 aliphatic rings. The van der Waals surface area contributed by atoms with Gasteiger partial charge in [-0.15, -0.1) is 0 Å². The van der Waals surface area contributed by atoms with Crippen molar-refractivity contribution in [2.24, 2.45) is 0 Å². The van der Waals surface area contributed by atoms with Gasteiger partial charge in [0, 0.05) is 6.20 Å². The van der Waals surface area contributed by atoms with Gasteiger partial charge in [-0.05, 0) is 30.2 Å². The van der Waals surface area contributed by atoms with Crippen LogP contribution < -0.4 is 0 Å². The second-order valence-electron chi connectivity index (χ2n) is 3.72. The van der Waals surface area contributed by atoms with Crippen molar-refractivity contribution in [2.75, 3.05) is 0 Å². The van der Waals surface area contributed by atoms with Crippen molar-refractivity contribution in [1.82, 2.24) is 4.90 Å². The molecule has 1 heterocycles. The molecule has 0 radical (unpaired) electrons. The first-order chi connectivity index (χ1) is 8.27. The van der Waals surface area contributed by atoms with Gasteiger partial charge in [-0.2, -0.15) is 5.26 Å². The van der Waals surface area contributed by atoms with E-state index in [1.807, 2.05) is 30.3 Å². The zero-order chi connectivity index (χ0) is 12.3. The van der Waals surface area contributed by atoms with Gasteiger partial charge in [-0.1, -0.05) is 30.3 Å². The van der Waals surface area contributed by atoms with E-state index in [2.05, 4.69) is 6.07 Å². The number of rotatable bonds is 1. The topological polar surface area (TPSA) is 44.1 Å². The second-order valence-corrected chi connectivity index (χ2v) is 3.72. The van der Waals surface area contributed by atoms with Gasteiger partial charge in [0.25, 0.3) is 5.91 Å². The Morgan fingerprint density at radius 2 is 2.24 bits per heavy atom. The Hall–Kier alpha value is -2.34. The monoisotopic (exact) mass is 224 g/mol. The lowest BCUT2D eigenvalue weighted by Gasteiger charge is -2.27. The van der Waals surface area contributed by atoms with Crippen LogP contribution in [0.1, 0.15) is 24.1 Å². The maximum absolute atomic E-state index is 11.8. The summed E-state index contributed by atoms with van der Waals surface area (Å²) in [5, 5.41) is 9.22. The molecule has 84 valence electrons. The molecule has 3 heteroatoms. The fourth-order valence-corrected chi connectivity index (χ4v) is 1.87. The Morgan fingerprint density at radius 1 is 1.47 bits per heavy atom. The van der Waals surface area contributed by atoms with E-state index in [0.29, 0.717) is 0 Å². The van der Waals surface area contributed by atoms with Gasteiger partial charge in [-0.3, -0.25) is 9.69 Å². The minimum atomic E-state index is -0.542. The maximum atomic E-state index is 11.8. The summed E-state index contributed by atoms with van der Waals surface area (Å²) in [7, 11) is 0. The molecule has 2 rings (SSSR count). The number of nitrogens with zero attached hydrogens (tertiary/aromatic N) is 2. The summed E-state index contributed by atoms with van der Waals surface area (Å²) in [5.41, 5.74) is 1.86. The average molecular weight is 224 g/mol. The highest BCUT2D eigenvalue weighted by Crippen LogP contribution is 2.29. The summed E-state index contributed by atoms with van der Waals surface area (Å²) < 4.78 is 0. The number of nitriles is 1. The summed E-state index contributed by atoms with van der Waals surface area (Å²) in [4.78, 5) is 13.3. The molecule has 0 fully saturated rings. The summed E-state index contributed by atoms with van der Waals surface area (Å²) in [6, 6.07) is 9.24. The number of amides is 1. The first-order valence-electron chi connectivity index (χ1n) is 5.39. The molecule has 1 aliphatic heterocycles. The number of hydrogen-bond donors (Lipinski definition) is 0. The molecule has 1 unspecified atom stereocenters. The maximum Gasteiger partial charge on any atom is 0.251 e. The fraction of sp³-hybridized carbons (Fsp3) is 0.143. The third-order valence-corrected chi connectivity index (χ3v) is 2.67. The van der Waals surface area contributed by atoms with E-state index in [1.165, 1.54) is 11.0 Å². The van der Waals surface area contributed by atoms with E-state index in [9.17, 15) is 10.1 Å². The third kappa shape index (κ3) is 1.98. The van der Waals surface area contributed by atoms with E-state index >= 15 is 0 Å². The van der Waals surface area contributed by atoms with Gasteiger partial charge in [0.1, 0.15) is 6.04 Å². The van der Waals surface area contributed by atoms with Crippen LogP contribution in [-0.4, -0.2) is 10.8 Å². The number of hydrogen-bond acceptors (Lipinski definition) is 2. The highest BCUT2D eigenvalue weighted by Gasteiger charge is 2.26. The van der Waals surface area contributed by atoms with Crippen LogP contribution in [0.25, 0.3) is 6.08 Å². The molecule has 1 amide bonds. The van der Waals surface area contributed by atoms with Crippen molar-refractivity contribution in [3.05, 3.63) is 53.7 Å². The zero-order valence-electron chi connectivity index (χ0n) is 9.50. The van der Waals surface area contributed by atoms with Gasteiger partial charge in [0.05, 0.1) is 6.07 Å². The molecule has 0 saturated heterocycles. The van der Waals surface area contributed by atoms with E-state index in [-0.39, 0.29) is 5.91 Å². The Kier molecular flexibility index (Phi) is 3.06. The molecule has 1 atom stereocenters. The Bertz CT molecular complexity index is 537. The Labute approximate surface area is 100 Å². The molecule has 1 aromatic rings. The third-order valence-electron chi connectivity index (χ3n) is 2.67. The van der Waals surface area contributed by atoms with Gasteiger partial charge in [-0.25, -0.2) is 0 Å². The Balaban J connectivity index is 2.43. The van der Waals surface area contributed by atoms with E-state index in [0.717, 1.165) is 11.1 Å². The van der Waals surface area contributed by atoms with E-state index in [4.69, 9.17) is 0 Å². The highest BCUT2D eigenvalue weighted by atomic mass is 16.2. The lowest BCUT2D eigenvalue weighted by Crippen LogP contribution is -2.30. The normalized spacial score (nSPS) is 17.9. The minimum absolute atomic E-state index is 0.176. The van der Waals surface area contributed by atoms with Crippen molar-refractivity contribution < 1.29 is 4.79 Å². The van der Waals surface area contributed by atoms with Gasteiger partial charge in [0.2, 0.25) is 0 Å². The van der Waals surface area contributed by atoms with Gasteiger partial charge in [0.15, 0.2) is 0 Å². The largest absolute Gasteiger partial charge is 0.295 e. The quantitative estimate of drug-likeness (QED) is 0.688. The van der Waals surface area contributed by atoms with Crippen molar-refractivity contribution in [1.29, 1.82) is 5.26 Å². The van der Waals surface area contributed by atoms with Crippen LogP contribution >= 0.6 is 0 Å². The molecule has 0 saturated carbocycles. The van der Waals surface area contributed by atoms with Crippen molar-refractivity contribution in [2.45, 2.75) is 13.0 Å². The Morgan fingerprint density at radius 3 is 2.94 bits per heavy atom. The van der Waals surface area contributed by atoms with Crippen LogP contribution in [0.5, 0.6) is 0 Å². The number of carbonyl (C=O) groups is 1. The smallest absolute Gasteiger partial charge is 0.251 e. The van der Waals surface area contributed by atoms with Gasteiger partial charge < -0.3 is 0 Å². The lowest BCUT2D eigenvalue weighted by atomic mass is 9.97. The van der Waals surface area contributed by atoms with Crippen LogP contribution in [0.2, 0.25) is 0 Å². The predicted octanol–water partition coefficient (Wildman–Crippen LogP) is 2.64. The van der Waals surface area contributed by atoms with Crippen molar-refractivity contribution in [3.63, 3.8) is 0 Å². The summed E-state index contributed by atoms with van der Waals surface area (Å²) >= 11 is 0. The highest BCUT2D eigenvalue weighted by molar-refractivity contribution is 5.90. The molecular weight excluding hydrogens is 212 g/mol. The molecular formula is C14H12N2O. The number of benzene rings is 1. The zero-order valence-corrected chi connectivity index (χ0v) is 9.50. The summed E-state index contributed by atoms with van der Waals surface area (Å²) in [5.74, 6) is -0.176. The predicted molar refractivity (Wildman–Crippen MR) is 65.5 cm³/mol. The van der Waals surface area contributed by atoms with Crippen LogP contribution in [0.15, 0.2) is 42.6 Å². The van der Waals surface area contributed by atoms with E-state index in [1.54, 1.807) is 19.2 Å². The summed E-state index contributed by atoms with van der Waals surface area (Å²) in [6.45, 7) is 1.78. The molecule has 3 nitrogen and oxygen atoms in total. The average Bonchev–Trinajstić information content (AvgIpc) is 2.37. The molecule has 0 aromatic heterocycles. The number of allylic oxidation sites excluding steroid dienone is 1. The van der Waals surface area contributed by atoms with Crippen LogP contribution in [-0.2, 0) is 4.79 Å². The van der Waals surface area contributed by atoms with Gasteiger partial charge >= 0.3 is 0 Å². The molecule has 0 N–H and O–H groups in total. The number of fused-ring (bicyclic) bond motifs is 1. The molecule has 1 aromatic carbocycles. The minimum Gasteiger partial charge on any atom is -0.295 e. The standard InChI is InChI=1S/C14H12N2O/c1-2-5-14(17)16-9-8-11-6-3-4-7-12(11)13(16)10-15/h2-9,13H,1H3. The number of carbonyl (C=O) groups excluding carboxylic acids is 1. The van der Waals surface area contributed by atoms with Crippen molar-refractivity contribution in [3.8, 4) is 6.07 Å². The first kappa shape index (κ1) is 11.2. The first-order valence-corrected chi connectivity index (χ1v) is 5.39. The lowest BCUT2D eigenvalue weighted by molar-refractivity contribution is -0.124.